The molecule has 202 valence electrons. The quantitative estimate of drug-likeness (QED) is 0.182. The molecular formula is C25H50N2O6S. The SMILES string of the molecule is COCCOCCOCCSC(C)(C)[C@H](NC(=O)CCCCCOCCCCCCN)C(C)=O. The Hall–Kier alpha value is -0.710. The molecule has 0 aliphatic rings. The number of hydrogen-bond donors (Lipinski definition) is 2. The van der Waals surface area contributed by atoms with Crippen molar-refractivity contribution >= 4 is 23.5 Å². The van der Waals surface area contributed by atoms with Crippen LogP contribution in [0.25, 0.3) is 0 Å². The molecule has 0 aliphatic heterocycles. The van der Waals surface area contributed by atoms with Crippen LogP contribution in [-0.2, 0) is 28.5 Å². The van der Waals surface area contributed by atoms with E-state index in [1.54, 1.807) is 18.9 Å². The van der Waals surface area contributed by atoms with Crippen molar-refractivity contribution in [2.24, 2.45) is 5.73 Å². The number of nitrogens with one attached hydrogen (secondary N) is 1. The van der Waals surface area contributed by atoms with Crippen LogP contribution >= 0.6 is 11.8 Å². The van der Waals surface area contributed by atoms with E-state index >= 15 is 0 Å². The van der Waals surface area contributed by atoms with Crippen LogP contribution < -0.4 is 11.1 Å². The summed E-state index contributed by atoms with van der Waals surface area (Å²) in [4.78, 5) is 24.7. The average molecular weight is 507 g/mol. The highest BCUT2D eigenvalue weighted by atomic mass is 32.2. The summed E-state index contributed by atoms with van der Waals surface area (Å²) in [5.74, 6) is 0.634. The Morgan fingerprint density at radius 2 is 1.38 bits per heavy atom. The Bertz CT molecular complexity index is 508. The zero-order valence-corrected chi connectivity index (χ0v) is 22.8. The van der Waals surface area contributed by atoms with Gasteiger partial charge in [-0.3, -0.25) is 9.59 Å². The van der Waals surface area contributed by atoms with E-state index in [1.807, 2.05) is 13.8 Å². The van der Waals surface area contributed by atoms with Crippen molar-refractivity contribution in [3.8, 4) is 0 Å². The number of carbonyl (C=O) groups is 2. The molecule has 0 heterocycles. The van der Waals surface area contributed by atoms with Gasteiger partial charge >= 0.3 is 0 Å². The molecule has 0 rings (SSSR count). The normalized spacial score (nSPS) is 12.6. The molecule has 34 heavy (non-hydrogen) atoms. The van der Waals surface area contributed by atoms with Crippen LogP contribution in [0.2, 0.25) is 0 Å². The molecule has 0 saturated carbocycles. The van der Waals surface area contributed by atoms with Crippen molar-refractivity contribution in [2.75, 3.05) is 65.7 Å². The Balaban J connectivity index is 3.95. The summed E-state index contributed by atoms with van der Waals surface area (Å²) in [6, 6.07) is -0.523. The van der Waals surface area contributed by atoms with E-state index in [0.717, 1.165) is 57.6 Å². The van der Waals surface area contributed by atoms with E-state index in [2.05, 4.69) is 5.32 Å². The topological polar surface area (TPSA) is 109 Å². The Morgan fingerprint density at radius 1 is 0.824 bits per heavy atom. The van der Waals surface area contributed by atoms with Crippen LogP contribution in [0, 0.1) is 0 Å². The average Bonchev–Trinajstić information content (AvgIpc) is 2.79. The van der Waals surface area contributed by atoms with E-state index in [9.17, 15) is 9.59 Å². The van der Waals surface area contributed by atoms with Crippen molar-refractivity contribution < 1.29 is 28.5 Å². The predicted molar refractivity (Wildman–Crippen MR) is 139 cm³/mol. The number of hydrogen-bond acceptors (Lipinski definition) is 8. The molecular weight excluding hydrogens is 456 g/mol. The van der Waals surface area contributed by atoms with Gasteiger partial charge < -0.3 is 30.0 Å². The molecule has 9 heteroatoms. The van der Waals surface area contributed by atoms with Crippen LogP contribution in [0.15, 0.2) is 0 Å². The molecule has 0 aromatic carbocycles. The maximum Gasteiger partial charge on any atom is 0.220 e. The highest BCUT2D eigenvalue weighted by Gasteiger charge is 2.34. The first kappa shape index (κ1) is 33.3. The lowest BCUT2D eigenvalue weighted by Gasteiger charge is -2.32. The van der Waals surface area contributed by atoms with Gasteiger partial charge in [-0.05, 0) is 53.0 Å². The van der Waals surface area contributed by atoms with Crippen molar-refractivity contribution in [3.05, 3.63) is 0 Å². The number of ether oxygens (including phenoxy) is 4. The lowest BCUT2D eigenvalue weighted by Crippen LogP contribution is -2.52. The Labute approximate surface area is 211 Å². The lowest BCUT2D eigenvalue weighted by molar-refractivity contribution is -0.127. The molecule has 0 unspecified atom stereocenters. The molecule has 1 amide bonds. The number of amides is 1. The minimum atomic E-state index is -0.523. The molecule has 0 fully saturated rings. The number of ketones is 1. The maximum atomic E-state index is 12.4. The van der Waals surface area contributed by atoms with E-state index < -0.39 is 10.8 Å². The predicted octanol–water partition coefficient (Wildman–Crippen LogP) is 3.35. The molecule has 0 aromatic rings. The lowest BCUT2D eigenvalue weighted by atomic mass is 9.99. The summed E-state index contributed by atoms with van der Waals surface area (Å²) < 4.78 is 21.1. The van der Waals surface area contributed by atoms with Crippen molar-refractivity contribution in [3.63, 3.8) is 0 Å². The van der Waals surface area contributed by atoms with Gasteiger partial charge in [0.05, 0.1) is 33.0 Å². The van der Waals surface area contributed by atoms with Crippen LogP contribution in [0.5, 0.6) is 0 Å². The van der Waals surface area contributed by atoms with Crippen molar-refractivity contribution in [1.29, 1.82) is 0 Å². The van der Waals surface area contributed by atoms with Gasteiger partial charge in [-0.25, -0.2) is 0 Å². The molecule has 0 radical (unpaired) electrons. The molecule has 8 nitrogen and oxygen atoms in total. The van der Waals surface area contributed by atoms with Crippen LogP contribution in [-0.4, -0.2) is 88.1 Å². The summed E-state index contributed by atoms with van der Waals surface area (Å²) >= 11 is 1.63. The largest absolute Gasteiger partial charge is 0.382 e. The molecule has 0 aliphatic carbocycles. The van der Waals surface area contributed by atoms with Gasteiger partial charge in [0.25, 0.3) is 0 Å². The number of carbonyl (C=O) groups excluding carboxylic acids is 2. The van der Waals surface area contributed by atoms with Gasteiger partial charge in [0.2, 0.25) is 5.91 Å². The zero-order valence-electron chi connectivity index (χ0n) is 22.0. The minimum absolute atomic E-state index is 0.0295. The van der Waals surface area contributed by atoms with E-state index in [0.29, 0.717) is 39.5 Å². The van der Waals surface area contributed by atoms with Gasteiger partial charge in [0.15, 0.2) is 5.78 Å². The monoisotopic (exact) mass is 506 g/mol. The summed E-state index contributed by atoms with van der Waals surface area (Å²) in [6.07, 6.45) is 7.62. The maximum absolute atomic E-state index is 12.4. The third kappa shape index (κ3) is 19.6. The number of thioether (sulfide) groups is 1. The molecule has 0 saturated heterocycles. The molecule has 1 atom stereocenters. The molecule has 3 N–H and O–H groups in total. The Morgan fingerprint density at radius 3 is 2.00 bits per heavy atom. The smallest absolute Gasteiger partial charge is 0.220 e. The fraction of sp³-hybridized carbons (Fsp3) is 0.920. The van der Waals surface area contributed by atoms with Gasteiger partial charge in [-0.15, -0.1) is 0 Å². The van der Waals surface area contributed by atoms with Gasteiger partial charge in [0.1, 0.15) is 6.04 Å². The molecule has 0 aromatic heterocycles. The van der Waals surface area contributed by atoms with Gasteiger partial charge in [0, 0.05) is 37.2 Å². The van der Waals surface area contributed by atoms with Gasteiger partial charge in [-0.1, -0.05) is 19.3 Å². The summed E-state index contributed by atoms with van der Waals surface area (Å²) in [5.41, 5.74) is 5.48. The third-order valence-electron chi connectivity index (χ3n) is 5.35. The first-order chi connectivity index (χ1) is 16.3. The van der Waals surface area contributed by atoms with Crippen LogP contribution in [0.1, 0.15) is 72.1 Å². The Kier molecular flexibility index (Phi) is 22.3. The number of Topliss-reactive ketones (excluding diaryl/α,β-unsaturated/α-hetero) is 1. The second kappa shape index (κ2) is 22.7. The van der Waals surface area contributed by atoms with Crippen LogP contribution in [0.4, 0.5) is 0 Å². The number of methoxy groups -OCH3 is 1. The van der Waals surface area contributed by atoms with E-state index in [-0.39, 0.29) is 11.7 Å². The highest BCUT2D eigenvalue weighted by molar-refractivity contribution is 8.00. The second-order valence-electron chi connectivity index (χ2n) is 8.91. The molecule has 0 spiro atoms. The fourth-order valence-corrected chi connectivity index (χ4v) is 4.50. The fourth-order valence-electron chi connectivity index (χ4n) is 3.38. The van der Waals surface area contributed by atoms with Crippen molar-refractivity contribution in [2.45, 2.75) is 82.9 Å². The van der Waals surface area contributed by atoms with Crippen LogP contribution in [0.3, 0.4) is 0 Å². The number of unbranched alkanes of at least 4 members (excludes halogenated alkanes) is 5. The molecule has 0 bridgehead atoms. The first-order valence-corrected chi connectivity index (χ1v) is 13.7. The minimum Gasteiger partial charge on any atom is -0.382 e. The number of rotatable bonds is 25. The summed E-state index contributed by atoms with van der Waals surface area (Å²) in [6.45, 7) is 10.6. The second-order valence-corrected chi connectivity index (χ2v) is 10.7. The summed E-state index contributed by atoms with van der Waals surface area (Å²) in [7, 11) is 1.64. The standard InChI is InChI=1S/C25H50N2O6S/c1-22(28)24(25(2,3)34-21-20-33-19-18-32-17-16-30-4)27-23(29)12-8-7-11-15-31-14-10-6-5-9-13-26/h24H,5-21,26H2,1-4H3,(H,27,29)/t24-/m1/s1. The van der Waals surface area contributed by atoms with Crippen molar-refractivity contribution in [1.82, 2.24) is 5.32 Å². The van der Waals surface area contributed by atoms with E-state index in [4.69, 9.17) is 24.7 Å². The number of nitrogens with two attached hydrogens (primary N) is 1. The first-order valence-electron chi connectivity index (χ1n) is 12.7. The van der Waals surface area contributed by atoms with Gasteiger partial charge in [-0.2, -0.15) is 11.8 Å². The summed E-state index contributed by atoms with van der Waals surface area (Å²) in [5, 5.41) is 2.95. The van der Waals surface area contributed by atoms with E-state index in [1.165, 1.54) is 19.8 Å². The highest BCUT2D eigenvalue weighted by Crippen LogP contribution is 2.29. The third-order valence-corrected chi connectivity index (χ3v) is 6.70. The zero-order chi connectivity index (χ0) is 25.5.